The average Bonchev–Trinajstić information content (AvgIpc) is 3.20. The summed E-state index contributed by atoms with van der Waals surface area (Å²) < 4.78 is 14.5. The maximum Gasteiger partial charge on any atom is 0.257 e. The molecule has 2 amide bonds. The number of likely N-dealkylation sites (tertiary alicyclic amines) is 1. The Kier molecular flexibility index (Phi) is 4.72. The van der Waals surface area contributed by atoms with Gasteiger partial charge in [0.25, 0.3) is 5.91 Å². The van der Waals surface area contributed by atoms with E-state index < -0.39 is 17.8 Å². The maximum absolute atomic E-state index is 13.9. The summed E-state index contributed by atoms with van der Waals surface area (Å²) in [6, 6.07) is 3.59. The molecule has 1 aliphatic heterocycles. The molecule has 1 saturated heterocycles. The molecule has 5 nitrogen and oxygen atoms in total. The summed E-state index contributed by atoms with van der Waals surface area (Å²) in [5.41, 5.74) is -0.0340. The van der Waals surface area contributed by atoms with Gasteiger partial charge in [-0.15, -0.1) is 11.3 Å². The molecule has 1 aromatic heterocycles. The number of benzene rings is 1. The minimum Gasteiger partial charge on any atom is -0.327 e. The molecule has 1 aliphatic rings. The van der Waals surface area contributed by atoms with Crippen LogP contribution >= 0.6 is 27.3 Å². The standard InChI is InChI=1S/C15H13BrFN3O2S/c16-9-3-4-11(17)10(8-9)14(22)20-6-1-2-12(20)13(21)19-15-18-5-7-23-15/h3-5,7-8,12H,1-2,6H2,(H,18,19,21)/t12-/m1/s1. The van der Waals surface area contributed by atoms with Gasteiger partial charge in [-0.2, -0.15) is 0 Å². The van der Waals surface area contributed by atoms with Crippen LogP contribution in [0.5, 0.6) is 0 Å². The third kappa shape index (κ3) is 3.42. The van der Waals surface area contributed by atoms with E-state index in [1.54, 1.807) is 11.6 Å². The fraction of sp³-hybridized carbons (Fsp3) is 0.267. The first-order valence-electron chi connectivity index (χ1n) is 7.02. The lowest BCUT2D eigenvalue weighted by Gasteiger charge is -2.23. The fourth-order valence-corrected chi connectivity index (χ4v) is 3.47. The Morgan fingerprint density at radius 2 is 2.26 bits per heavy atom. The van der Waals surface area contributed by atoms with Crippen molar-refractivity contribution in [2.75, 3.05) is 11.9 Å². The molecule has 0 bridgehead atoms. The highest BCUT2D eigenvalue weighted by molar-refractivity contribution is 9.10. The zero-order valence-corrected chi connectivity index (χ0v) is 14.4. The van der Waals surface area contributed by atoms with E-state index in [1.807, 2.05) is 0 Å². The number of hydrogen-bond acceptors (Lipinski definition) is 4. The predicted octanol–water partition coefficient (Wildman–Crippen LogP) is 3.29. The van der Waals surface area contributed by atoms with Crippen LogP contribution in [0, 0.1) is 5.82 Å². The summed E-state index contributed by atoms with van der Waals surface area (Å²) in [5.74, 6) is -1.36. The Morgan fingerprint density at radius 3 is 3.00 bits per heavy atom. The number of thiazole rings is 1. The van der Waals surface area contributed by atoms with Crippen molar-refractivity contribution in [1.29, 1.82) is 0 Å². The number of carbonyl (C=O) groups excluding carboxylic acids is 2. The second-order valence-corrected chi connectivity index (χ2v) is 6.92. The van der Waals surface area contributed by atoms with Gasteiger partial charge >= 0.3 is 0 Å². The molecule has 8 heteroatoms. The van der Waals surface area contributed by atoms with Gasteiger partial charge in [0, 0.05) is 22.6 Å². The Morgan fingerprint density at radius 1 is 1.43 bits per heavy atom. The van der Waals surface area contributed by atoms with Gasteiger partial charge in [-0.1, -0.05) is 15.9 Å². The molecular weight excluding hydrogens is 385 g/mol. The first kappa shape index (κ1) is 16.1. The SMILES string of the molecule is O=C(Nc1nccs1)[C@H]1CCCN1C(=O)c1cc(Br)ccc1F. The molecule has 23 heavy (non-hydrogen) atoms. The van der Waals surface area contributed by atoms with Crippen LogP contribution in [-0.2, 0) is 4.79 Å². The molecule has 1 fully saturated rings. The zero-order chi connectivity index (χ0) is 16.4. The lowest BCUT2D eigenvalue weighted by atomic mass is 10.1. The van der Waals surface area contributed by atoms with Crippen molar-refractivity contribution in [3.63, 3.8) is 0 Å². The molecule has 1 aromatic carbocycles. The monoisotopic (exact) mass is 397 g/mol. The van der Waals surface area contributed by atoms with Crippen molar-refractivity contribution >= 4 is 44.2 Å². The number of amides is 2. The summed E-state index contributed by atoms with van der Waals surface area (Å²) in [5, 5.41) is 4.94. The summed E-state index contributed by atoms with van der Waals surface area (Å²) in [6.07, 6.45) is 2.85. The first-order chi connectivity index (χ1) is 11.1. The van der Waals surface area contributed by atoms with Crippen molar-refractivity contribution in [2.45, 2.75) is 18.9 Å². The summed E-state index contributed by atoms with van der Waals surface area (Å²) in [6.45, 7) is 0.431. The van der Waals surface area contributed by atoms with Gasteiger partial charge < -0.3 is 10.2 Å². The van der Waals surface area contributed by atoms with E-state index in [4.69, 9.17) is 0 Å². The van der Waals surface area contributed by atoms with Crippen LogP contribution in [0.2, 0.25) is 0 Å². The second-order valence-electron chi connectivity index (χ2n) is 5.11. The predicted molar refractivity (Wildman–Crippen MR) is 88.9 cm³/mol. The van der Waals surface area contributed by atoms with Crippen LogP contribution in [0.4, 0.5) is 9.52 Å². The van der Waals surface area contributed by atoms with Crippen molar-refractivity contribution in [1.82, 2.24) is 9.88 Å². The molecule has 0 unspecified atom stereocenters. The molecule has 1 N–H and O–H groups in total. The summed E-state index contributed by atoms with van der Waals surface area (Å²) >= 11 is 4.54. The first-order valence-corrected chi connectivity index (χ1v) is 8.70. The molecule has 0 aliphatic carbocycles. The quantitative estimate of drug-likeness (QED) is 0.863. The molecule has 2 aromatic rings. The molecule has 0 radical (unpaired) electrons. The van der Waals surface area contributed by atoms with Gasteiger partial charge in [-0.05, 0) is 31.0 Å². The molecule has 1 atom stereocenters. The molecule has 2 heterocycles. The third-order valence-electron chi connectivity index (χ3n) is 3.64. The molecule has 0 spiro atoms. The number of aromatic nitrogens is 1. The van der Waals surface area contributed by atoms with Crippen molar-refractivity contribution in [2.24, 2.45) is 0 Å². The number of hydrogen-bond donors (Lipinski definition) is 1. The number of anilines is 1. The Hall–Kier alpha value is -1.80. The summed E-state index contributed by atoms with van der Waals surface area (Å²) in [7, 11) is 0. The van der Waals surface area contributed by atoms with E-state index in [9.17, 15) is 14.0 Å². The zero-order valence-electron chi connectivity index (χ0n) is 12.0. The fourth-order valence-electron chi connectivity index (χ4n) is 2.57. The summed E-state index contributed by atoms with van der Waals surface area (Å²) in [4.78, 5) is 30.4. The maximum atomic E-state index is 13.9. The number of carbonyl (C=O) groups is 2. The van der Waals surface area contributed by atoms with E-state index >= 15 is 0 Å². The van der Waals surface area contributed by atoms with E-state index in [0.717, 1.165) is 0 Å². The highest BCUT2D eigenvalue weighted by Crippen LogP contribution is 2.24. The Labute approximate surface area is 144 Å². The van der Waals surface area contributed by atoms with Crippen LogP contribution < -0.4 is 5.32 Å². The lowest BCUT2D eigenvalue weighted by Crippen LogP contribution is -2.43. The lowest BCUT2D eigenvalue weighted by molar-refractivity contribution is -0.119. The van der Waals surface area contributed by atoms with Gasteiger partial charge in [0.05, 0.1) is 5.56 Å². The minimum absolute atomic E-state index is 0.0340. The highest BCUT2D eigenvalue weighted by atomic mass is 79.9. The Bertz CT molecular complexity index is 738. The van der Waals surface area contributed by atoms with Gasteiger partial charge in [0.2, 0.25) is 5.91 Å². The van der Waals surface area contributed by atoms with E-state index in [-0.39, 0.29) is 11.5 Å². The number of nitrogens with one attached hydrogen (secondary N) is 1. The van der Waals surface area contributed by atoms with E-state index in [1.165, 1.54) is 34.4 Å². The normalized spacial score (nSPS) is 17.3. The third-order valence-corrected chi connectivity index (χ3v) is 4.82. The topological polar surface area (TPSA) is 62.3 Å². The number of rotatable bonds is 3. The van der Waals surface area contributed by atoms with Crippen molar-refractivity contribution in [3.05, 3.63) is 45.6 Å². The van der Waals surface area contributed by atoms with Gasteiger partial charge in [0.15, 0.2) is 5.13 Å². The van der Waals surface area contributed by atoms with Crippen LogP contribution in [0.25, 0.3) is 0 Å². The highest BCUT2D eigenvalue weighted by Gasteiger charge is 2.35. The molecule has 3 rings (SSSR count). The average molecular weight is 398 g/mol. The van der Waals surface area contributed by atoms with Crippen LogP contribution in [0.3, 0.4) is 0 Å². The van der Waals surface area contributed by atoms with Crippen molar-refractivity contribution in [3.8, 4) is 0 Å². The van der Waals surface area contributed by atoms with Crippen LogP contribution in [-0.4, -0.2) is 34.3 Å². The van der Waals surface area contributed by atoms with E-state index in [2.05, 4.69) is 26.2 Å². The van der Waals surface area contributed by atoms with Crippen LogP contribution in [0.15, 0.2) is 34.2 Å². The smallest absolute Gasteiger partial charge is 0.257 e. The minimum atomic E-state index is -0.607. The molecular formula is C15H13BrFN3O2S. The van der Waals surface area contributed by atoms with E-state index in [0.29, 0.717) is 29.0 Å². The molecule has 120 valence electrons. The number of nitrogens with zero attached hydrogens (tertiary/aromatic N) is 2. The van der Waals surface area contributed by atoms with Crippen molar-refractivity contribution < 1.29 is 14.0 Å². The van der Waals surface area contributed by atoms with Gasteiger partial charge in [-0.3, -0.25) is 9.59 Å². The number of halogens is 2. The second kappa shape index (κ2) is 6.76. The molecule has 0 saturated carbocycles. The van der Waals surface area contributed by atoms with Gasteiger partial charge in [0.1, 0.15) is 11.9 Å². The van der Waals surface area contributed by atoms with Gasteiger partial charge in [-0.25, -0.2) is 9.37 Å². The van der Waals surface area contributed by atoms with Crippen LogP contribution in [0.1, 0.15) is 23.2 Å². The largest absolute Gasteiger partial charge is 0.327 e. The Balaban J connectivity index is 1.79.